The maximum absolute atomic E-state index is 12.4. The molecule has 122 valence electrons. The van der Waals surface area contributed by atoms with Crippen molar-refractivity contribution >= 4 is 65.0 Å². The van der Waals surface area contributed by atoms with Gasteiger partial charge in [0.25, 0.3) is 5.91 Å². The summed E-state index contributed by atoms with van der Waals surface area (Å²) in [4.78, 5) is 19.8. The Bertz CT molecular complexity index is 609. The van der Waals surface area contributed by atoms with Crippen molar-refractivity contribution in [2.24, 2.45) is 0 Å². The normalized spacial score (nSPS) is 14.7. The summed E-state index contributed by atoms with van der Waals surface area (Å²) in [6.45, 7) is 3.36. The summed E-state index contributed by atoms with van der Waals surface area (Å²) in [5.41, 5.74) is 0.538. The number of aromatic nitrogens is 1. The van der Waals surface area contributed by atoms with Crippen molar-refractivity contribution in [3.05, 3.63) is 27.5 Å². The summed E-state index contributed by atoms with van der Waals surface area (Å²) in [5, 5.41) is 5.99. The Hall–Kier alpha value is -0.370. The van der Waals surface area contributed by atoms with Gasteiger partial charge >= 0.3 is 0 Å². The minimum atomic E-state index is 0. The highest BCUT2D eigenvalue weighted by atomic mass is 35.5. The average molecular weight is 401 g/mol. The SMILES string of the molecule is Cl.Cl.O=C(c1csc(-c2ccc(Cl)s2)n1)N1CCCNCC1. The van der Waals surface area contributed by atoms with Gasteiger partial charge in [-0.2, -0.15) is 0 Å². The third-order valence-electron chi connectivity index (χ3n) is 3.13. The van der Waals surface area contributed by atoms with E-state index in [4.69, 9.17) is 11.6 Å². The lowest BCUT2D eigenvalue weighted by atomic mass is 10.3. The van der Waals surface area contributed by atoms with E-state index in [2.05, 4.69) is 10.3 Å². The van der Waals surface area contributed by atoms with E-state index >= 15 is 0 Å². The van der Waals surface area contributed by atoms with Crippen LogP contribution < -0.4 is 5.32 Å². The van der Waals surface area contributed by atoms with Crippen molar-refractivity contribution in [3.63, 3.8) is 0 Å². The van der Waals surface area contributed by atoms with Gasteiger partial charge in [0.2, 0.25) is 0 Å². The Labute approximate surface area is 154 Å². The summed E-state index contributed by atoms with van der Waals surface area (Å²) < 4.78 is 0.738. The number of thiophene rings is 1. The number of rotatable bonds is 2. The summed E-state index contributed by atoms with van der Waals surface area (Å²) in [5.74, 6) is 0.0267. The second-order valence-electron chi connectivity index (χ2n) is 4.54. The number of carbonyl (C=O) groups excluding carboxylic acids is 1. The third-order valence-corrected chi connectivity index (χ3v) is 5.38. The van der Waals surface area contributed by atoms with Crippen LogP contribution in [0.25, 0.3) is 9.88 Å². The van der Waals surface area contributed by atoms with E-state index in [1.54, 1.807) is 0 Å². The Morgan fingerprint density at radius 1 is 1.27 bits per heavy atom. The minimum Gasteiger partial charge on any atom is -0.336 e. The average Bonchev–Trinajstić information content (AvgIpc) is 3.00. The van der Waals surface area contributed by atoms with Crippen molar-refractivity contribution < 1.29 is 4.79 Å². The van der Waals surface area contributed by atoms with Gasteiger partial charge in [0.15, 0.2) is 0 Å². The number of amides is 1. The molecule has 0 unspecified atom stereocenters. The number of carbonyl (C=O) groups is 1. The molecule has 1 saturated heterocycles. The predicted molar refractivity (Wildman–Crippen MR) is 98.3 cm³/mol. The van der Waals surface area contributed by atoms with E-state index in [0.29, 0.717) is 5.69 Å². The van der Waals surface area contributed by atoms with Crippen molar-refractivity contribution in [1.29, 1.82) is 0 Å². The standard InChI is InChI=1S/C13H14ClN3OS2.2ClH/c14-11-3-2-10(20-11)12-16-9(8-19-12)13(18)17-6-1-4-15-5-7-17;;/h2-3,8,15H,1,4-7H2;2*1H. The van der Waals surface area contributed by atoms with Crippen LogP contribution in [0.15, 0.2) is 17.5 Å². The lowest BCUT2D eigenvalue weighted by molar-refractivity contribution is 0.0761. The molecule has 1 aliphatic rings. The molecule has 0 radical (unpaired) electrons. The molecule has 3 rings (SSSR count). The monoisotopic (exact) mass is 399 g/mol. The number of nitrogens with one attached hydrogen (secondary N) is 1. The largest absolute Gasteiger partial charge is 0.336 e. The molecule has 0 saturated carbocycles. The molecule has 9 heteroatoms. The van der Waals surface area contributed by atoms with Gasteiger partial charge in [-0.05, 0) is 25.1 Å². The number of hydrogen-bond acceptors (Lipinski definition) is 5. The minimum absolute atomic E-state index is 0. The van der Waals surface area contributed by atoms with Crippen LogP contribution in [0.5, 0.6) is 0 Å². The zero-order valence-corrected chi connectivity index (χ0v) is 15.6. The van der Waals surface area contributed by atoms with Crippen molar-refractivity contribution in [1.82, 2.24) is 15.2 Å². The van der Waals surface area contributed by atoms with Gasteiger partial charge < -0.3 is 10.2 Å². The first-order valence-corrected chi connectivity index (χ1v) is 8.53. The summed E-state index contributed by atoms with van der Waals surface area (Å²) in [6, 6.07) is 3.79. The molecule has 1 fully saturated rings. The topological polar surface area (TPSA) is 45.2 Å². The molecular formula is C13H16Cl3N3OS2. The second-order valence-corrected chi connectivity index (χ2v) is 7.11. The van der Waals surface area contributed by atoms with Gasteiger partial charge in [-0.3, -0.25) is 4.79 Å². The Kier molecular flexibility index (Phi) is 8.10. The molecule has 1 amide bonds. The molecule has 0 bridgehead atoms. The first-order valence-electron chi connectivity index (χ1n) is 6.45. The van der Waals surface area contributed by atoms with E-state index in [-0.39, 0.29) is 30.7 Å². The molecule has 0 atom stereocenters. The molecular weight excluding hydrogens is 385 g/mol. The van der Waals surface area contributed by atoms with E-state index in [1.807, 2.05) is 22.4 Å². The Morgan fingerprint density at radius 3 is 2.82 bits per heavy atom. The first-order chi connectivity index (χ1) is 9.74. The molecule has 0 spiro atoms. The lowest BCUT2D eigenvalue weighted by Gasteiger charge is -2.18. The maximum Gasteiger partial charge on any atom is 0.273 e. The van der Waals surface area contributed by atoms with Gasteiger partial charge in [-0.15, -0.1) is 47.5 Å². The zero-order chi connectivity index (χ0) is 13.9. The fourth-order valence-corrected chi connectivity index (χ4v) is 4.03. The fourth-order valence-electron chi connectivity index (χ4n) is 2.13. The van der Waals surface area contributed by atoms with Crippen molar-refractivity contribution in [3.8, 4) is 9.88 Å². The van der Waals surface area contributed by atoms with E-state index < -0.39 is 0 Å². The Morgan fingerprint density at radius 2 is 2.09 bits per heavy atom. The molecule has 0 aliphatic carbocycles. The van der Waals surface area contributed by atoms with E-state index in [0.717, 1.165) is 46.8 Å². The molecule has 22 heavy (non-hydrogen) atoms. The highest BCUT2D eigenvalue weighted by molar-refractivity contribution is 7.23. The predicted octanol–water partition coefficient (Wildman–Crippen LogP) is 3.80. The van der Waals surface area contributed by atoms with Crippen LogP contribution in [-0.4, -0.2) is 42.0 Å². The first kappa shape index (κ1) is 19.7. The Balaban J connectivity index is 0.00000121. The third kappa shape index (κ3) is 4.57. The van der Waals surface area contributed by atoms with Gasteiger partial charge in [-0.25, -0.2) is 4.98 Å². The fraction of sp³-hybridized carbons (Fsp3) is 0.385. The molecule has 0 aromatic carbocycles. The van der Waals surface area contributed by atoms with Gasteiger partial charge in [-0.1, -0.05) is 11.6 Å². The van der Waals surface area contributed by atoms with Crippen molar-refractivity contribution in [2.75, 3.05) is 26.2 Å². The smallest absolute Gasteiger partial charge is 0.273 e. The number of hydrogen-bond donors (Lipinski definition) is 1. The zero-order valence-electron chi connectivity index (χ0n) is 11.6. The van der Waals surface area contributed by atoms with E-state index in [9.17, 15) is 4.79 Å². The van der Waals surface area contributed by atoms with Crippen molar-refractivity contribution in [2.45, 2.75) is 6.42 Å². The number of nitrogens with zero attached hydrogens (tertiary/aromatic N) is 2. The van der Waals surface area contributed by atoms with Crippen LogP contribution >= 0.6 is 59.1 Å². The van der Waals surface area contributed by atoms with Crippen LogP contribution in [0.2, 0.25) is 4.34 Å². The molecule has 4 nitrogen and oxygen atoms in total. The summed E-state index contributed by atoms with van der Waals surface area (Å²) in [7, 11) is 0. The number of thiazole rings is 1. The van der Waals surface area contributed by atoms with Gasteiger partial charge in [0.1, 0.15) is 10.7 Å². The maximum atomic E-state index is 12.4. The molecule has 3 heterocycles. The highest BCUT2D eigenvalue weighted by Gasteiger charge is 2.20. The molecule has 1 N–H and O–H groups in total. The van der Waals surface area contributed by atoms with Gasteiger partial charge in [0.05, 0.1) is 9.21 Å². The van der Waals surface area contributed by atoms with Crippen LogP contribution in [0.4, 0.5) is 0 Å². The summed E-state index contributed by atoms with van der Waals surface area (Å²) >= 11 is 8.91. The molecule has 1 aliphatic heterocycles. The van der Waals surface area contributed by atoms with Crippen LogP contribution in [0.1, 0.15) is 16.9 Å². The van der Waals surface area contributed by atoms with E-state index in [1.165, 1.54) is 22.7 Å². The van der Waals surface area contributed by atoms with Crippen LogP contribution in [0, 0.1) is 0 Å². The van der Waals surface area contributed by atoms with Crippen LogP contribution in [0.3, 0.4) is 0 Å². The van der Waals surface area contributed by atoms with Crippen LogP contribution in [-0.2, 0) is 0 Å². The highest BCUT2D eigenvalue weighted by Crippen LogP contribution is 2.33. The quantitative estimate of drug-likeness (QED) is 0.834. The molecule has 2 aromatic rings. The number of halogens is 3. The summed E-state index contributed by atoms with van der Waals surface area (Å²) in [6.07, 6.45) is 0.989. The van der Waals surface area contributed by atoms with Gasteiger partial charge in [0, 0.05) is 25.0 Å². The second kappa shape index (κ2) is 9.05. The molecule has 2 aromatic heterocycles. The lowest BCUT2D eigenvalue weighted by Crippen LogP contribution is -2.34.